The van der Waals surface area contributed by atoms with Crippen LogP contribution in [0.1, 0.15) is 47.2 Å². The van der Waals surface area contributed by atoms with E-state index in [0.29, 0.717) is 11.5 Å². The largest absolute Gasteiger partial charge is 0.384 e. The van der Waals surface area contributed by atoms with Gasteiger partial charge in [-0.3, -0.25) is 9.59 Å². The van der Waals surface area contributed by atoms with Gasteiger partial charge < -0.3 is 21.4 Å². The van der Waals surface area contributed by atoms with Gasteiger partial charge in [0.05, 0.1) is 6.04 Å². The predicted molar refractivity (Wildman–Crippen MR) is 111 cm³/mol. The Bertz CT molecular complexity index is 1070. The molecular formula is C22H23N5O2. The summed E-state index contributed by atoms with van der Waals surface area (Å²) in [6, 6.07) is 14.3. The van der Waals surface area contributed by atoms with Crippen molar-refractivity contribution in [2.45, 2.75) is 31.8 Å². The zero-order chi connectivity index (χ0) is 20.5. The molecule has 2 heterocycles. The first-order valence-electron chi connectivity index (χ1n) is 9.57. The van der Waals surface area contributed by atoms with E-state index in [9.17, 15) is 9.59 Å². The van der Waals surface area contributed by atoms with E-state index in [2.05, 4.69) is 10.3 Å². The van der Waals surface area contributed by atoms with Crippen LogP contribution in [0.2, 0.25) is 0 Å². The van der Waals surface area contributed by atoms with Gasteiger partial charge in [0, 0.05) is 17.5 Å². The lowest BCUT2D eigenvalue weighted by Gasteiger charge is -2.20. The molecule has 0 bridgehead atoms. The maximum absolute atomic E-state index is 13.0. The van der Waals surface area contributed by atoms with E-state index in [0.717, 1.165) is 35.2 Å². The van der Waals surface area contributed by atoms with Crippen LogP contribution in [0.4, 0.5) is 5.82 Å². The van der Waals surface area contributed by atoms with E-state index >= 15 is 0 Å². The van der Waals surface area contributed by atoms with Crippen molar-refractivity contribution in [2.24, 2.45) is 5.73 Å². The molecule has 3 aromatic rings. The highest BCUT2D eigenvalue weighted by atomic mass is 16.2. The van der Waals surface area contributed by atoms with E-state index < -0.39 is 11.9 Å². The Morgan fingerprint density at radius 1 is 1.17 bits per heavy atom. The summed E-state index contributed by atoms with van der Waals surface area (Å²) in [5, 5.41) is 3.08. The molecule has 5 N–H and O–H groups in total. The topological polar surface area (TPSA) is 116 Å². The number of pyridine rings is 1. The second-order valence-electron chi connectivity index (χ2n) is 7.30. The van der Waals surface area contributed by atoms with Crippen LogP contribution in [0.3, 0.4) is 0 Å². The van der Waals surface area contributed by atoms with Gasteiger partial charge in [0.15, 0.2) is 0 Å². The van der Waals surface area contributed by atoms with Crippen molar-refractivity contribution in [3.05, 3.63) is 71.7 Å². The highest BCUT2D eigenvalue weighted by Gasteiger charge is 2.28. The number of fused-ring (bicyclic) bond motifs is 1. The molecule has 2 atom stereocenters. The molecule has 1 aliphatic rings. The van der Waals surface area contributed by atoms with Crippen LogP contribution >= 0.6 is 0 Å². The third-order valence-electron chi connectivity index (χ3n) is 5.40. The summed E-state index contributed by atoms with van der Waals surface area (Å²) in [7, 11) is 0. The number of carbonyl (C=O) groups excluding carboxylic acids is 2. The lowest BCUT2D eigenvalue weighted by molar-refractivity contribution is -0.124. The predicted octanol–water partition coefficient (Wildman–Crippen LogP) is 2.60. The van der Waals surface area contributed by atoms with Gasteiger partial charge in [0.2, 0.25) is 5.91 Å². The van der Waals surface area contributed by atoms with Crippen LogP contribution in [-0.4, -0.2) is 21.4 Å². The normalized spacial score (nSPS) is 16.2. The lowest BCUT2D eigenvalue weighted by atomic mass is 10.1. The van der Waals surface area contributed by atoms with Gasteiger partial charge >= 0.3 is 0 Å². The zero-order valence-corrected chi connectivity index (χ0v) is 16.1. The molecule has 7 heteroatoms. The summed E-state index contributed by atoms with van der Waals surface area (Å²) in [5.41, 5.74) is 15.3. The van der Waals surface area contributed by atoms with Gasteiger partial charge in [-0.15, -0.1) is 0 Å². The van der Waals surface area contributed by atoms with Crippen molar-refractivity contribution in [3.8, 4) is 11.1 Å². The standard InChI is InChI=1S/C22H23N5O2/c1-13(22(29)26-18-9-8-17-16(18)7-10-20(23)25-17)27-12-15(11-19(27)21(24)28)14-5-3-2-4-6-14/h2-7,10-13,18H,8-9H2,1H3,(H2,23,25)(H2,24,28)(H,26,29)/t13-,18+/m0/s1. The smallest absolute Gasteiger partial charge is 0.265 e. The number of nitrogen functional groups attached to an aromatic ring is 1. The number of carbonyl (C=O) groups is 2. The van der Waals surface area contributed by atoms with Crippen molar-refractivity contribution in [1.82, 2.24) is 14.9 Å². The summed E-state index contributed by atoms with van der Waals surface area (Å²) in [5.74, 6) is -0.272. The minimum absolute atomic E-state index is 0.116. The summed E-state index contributed by atoms with van der Waals surface area (Å²) in [6.45, 7) is 1.76. The Labute approximate surface area is 168 Å². The first-order chi connectivity index (χ1) is 13.9. The molecule has 1 aliphatic carbocycles. The molecule has 4 rings (SSSR count). The number of nitrogens with zero attached hydrogens (tertiary/aromatic N) is 2. The number of nitrogens with two attached hydrogens (primary N) is 2. The van der Waals surface area contributed by atoms with Crippen LogP contribution in [0.15, 0.2) is 54.7 Å². The fraction of sp³-hybridized carbons (Fsp3) is 0.227. The molecule has 0 unspecified atom stereocenters. The van der Waals surface area contributed by atoms with Crippen LogP contribution < -0.4 is 16.8 Å². The molecule has 0 saturated heterocycles. The molecule has 1 aromatic carbocycles. The summed E-state index contributed by atoms with van der Waals surface area (Å²) in [4.78, 5) is 29.3. The van der Waals surface area contributed by atoms with Gasteiger partial charge in [-0.05, 0) is 43.0 Å². The third kappa shape index (κ3) is 3.59. The van der Waals surface area contributed by atoms with Gasteiger partial charge in [0.25, 0.3) is 5.91 Å². The Kier molecular flexibility index (Phi) is 4.80. The van der Waals surface area contributed by atoms with Gasteiger partial charge in [-0.1, -0.05) is 36.4 Å². The molecule has 0 aliphatic heterocycles. The van der Waals surface area contributed by atoms with Crippen LogP contribution in [0, 0.1) is 0 Å². The molecule has 148 valence electrons. The molecule has 0 saturated carbocycles. The number of nitrogens with one attached hydrogen (secondary N) is 1. The highest BCUT2D eigenvalue weighted by Crippen LogP contribution is 2.31. The van der Waals surface area contributed by atoms with Crippen molar-refractivity contribution in [1.29, 1.82) is 0 Å². The Hall–Kier alpha value is -3.61. The molecule has 0 radical (unpaired) electrons. The maximum Gasteiger partial charge on any atom is 0.265 e. The fourth-order valence-corrected chi connectivity index (χ4v) is 3.84. The second-order valence-corrected chi connectivity index (χ2v) is 7.30. The first kappa shape index (κ1) is 18.7. The van der Waals surface area contributed by atoms with Gasteiger partial charge in [-0.2, -0.15) is 0 Å². The van der Waals surface area contributed by atoms with Gasteiger partial charge in [0.1, 0.15) is 17.6 Å². The first-order valence-corrected chi connectivity index (χ1v) is 9.57. The number of amides is 2. The minimum Gasteiger partial charge on any atom is -0.384 e. The van der Waals surface area contributed by atoms with E-state index in [1.807, 2.05) is 36.4 Å². The number of aryl methyl sites for hydroxylation is 1. The highest BCUT2D eigenvalue weighted by molar-refractivity contribution is 5.94. The average molecular weight is 389 g/mol. The van der Waals surface area contributed by atoms with Crippen molar-refractivity contribution in [3.63, 3.8) is 0 Å². The number of hydrogen-bond donors (Lipinski definition) is 3. The zero-order valence-electron chi connectivity index (χ0n) is 16.1. The van der Waals surface area contributed by atoms with Crippen LogP contribution in [0.25, 0.3) is 11.1 Å². The molecule has 7 nitrogen and oxygen atoms in total. The van der Waals surface area contributed by atoms with Gasteiger partial charge in [-0.25, -0.2) is 4.98 Å². The number of benzene rings is 1. The Morgan fingerprint density at radius 2 is 1.93 bits per heavy atom. The Morgan fingerprint density at radius 3 is 2.66 bits per heavy atom. The van der Waals surface area contributed by atoms with E-state index in [4.69, 9.17) is 11.5 Å². The van der Waals surface area contributed by atoms with Crippen LogP contribution in [0.5, 0.6) is 0 Å². The van der Waals surface area contributed by atoms with E-state index in [1.165, 1.54) is 0 Å². The van der Waals surface area contributed by atoms with E-state index in [1.54, 1.807) is 29.8 Å². The van der Waals surface area contributed by atoms with Crippen LogP contribution in [-0.2, 0) is 11.2 Å². The summed E-state index contributed by atoms with van der Waals surface area (Å²) < 4.78 is 1.64. The number of hydrogen-bond acceptors (Lipinski definition) is 4. The number of primary amides is 1. The lowest BCUT2D eigenvalue weighted by Crippen LogP contribution is -2.34. The number of aromatic nitrogens is 2. The molecule has 2 aromatic heterocycles. The molecule has 0 spiro atoms. The second kappa shape index (κ2) is 7.43. The third-order valence-corrected chi connectivity index (χ3v) is 5.40. The minimum atomic E-state index is -0.597. The molecule has 2 amide bonds. The van der Waals surface area contributed by atoms with Crippen molar-refractivity contribution in [2.75, 3.05) is 5.73 Å². The van der Waals surface area contributed by atoms with Crippen molar-refractivity contribution < 1.29 is 9.59 Å². The van der Waals surface area contributed by atoms with E-state index in [-0.39, 0.29) is 11.9 Å². The molecular weight excluding hydrogens is 366 g/mol. The SMILES string of the molecule is C[C@@H](C(=O)N[C@@H]1CCc2nc(N)ccc21)n1cc(-c2ccccc2)cc1C(N)=O. The average Bonchev–Trinajstić information content (AvgIpc) is 3.32. The van der Waals surface area contributed by atoms with Crippen molar-refractivity contribution >= 4 is 17.6 Å². The fourth-order valence-electron chi connectivity index (χ4n) is 3.84. The maximum atomic E-state index is 13.0. The monoisotopic (exact) mass is 389 g/mol. The number of anilines is 1. The summed E-state index contributed by atoms with van der Waals surface area (Å²) >= 11 is 0. The molecule has 29 heavy (non-hydrogen) atoms. The molecule has 0 fully saturated rings. The summed E-state index contributed by atoms with van der Waals surface area (Å²) in [6.07, 6.45) is 3.34. The Balaban J connectivity index is 1.58. The number of rotatable bonds is 5. The quantitative estimate of drug-likeness (QED) is 0.622.